The summed E-state index contributed by atoms with van der Waals surface area (Å²) in [5.74, 6) is 0.273. The second kappa shape index (κ2) is 4.23. The number of halogens is 1. The first-order valence-electron chi connectivity index (χ1n) is 5.36. The Balaban J connectivity index is 2.35. The zero-order valence-corrected chi connectivity index (χ0v) is 10.1. The molecule has 2 N–H and O–H groups in total. The third-order valence-corrected chi connectivity index (χ3v) is 3.11. The number of nitrogens with zero attached hydrogens (tertiary/aromatic N) is 3. The summed E-state index contributed by atoms with van der Waals surface area (Å²) in [6.07, 6.45) is 4.94. The first kappa shape index (κ1) is 10.9. The molecule has 0 radical (unpaired) electrons. The minimum absolute atomic E-state index is 0.273. The molecule has 3 rings (SSSR count). The quantitative estimate of drug-likeness (QED) is 0.727. The Morgan fingerprint density at radius 1 is 1.06 bits per heavy atom. The summed E-state index contributed by atoms with van der Waals surface area (Å²) in [6, 6.07) is 7.92. The molecule has 88 valence electrons. The van der Waals surface area contributed by atoms with Crippen LogP contribution in [-0.2, 0) is 0 Å². The second-order valence-corrected chi connectivity index (χ2v) is 4.21. The zero-order chi connectivity index (χ0) is 12.5. The van der Waals surface area contributed by atoms with Crippen LogP contribution in [0.1, 0.15) is 0 Å². The van der Waals surface area contributed by atoms with Crippen LogP contribution < -0.4 is 5.73 Å². The van der Waals surface area contributed by atoms with E-state index >= 15 is 0 Å². The average Bonchev–Trinajstić information content (AvgIpc) is 2.41. The van der Waals surface area contributed by atoms with E-state index in [9.17, 15) is 0 Å². The van der Waals surface area contributed by atoms with Gasteiger partial charge in [-0.05, 0) is 5.39 Å². The minimum Gasteiger partial charge on any atom is -0.382 e. The highest BCUT2D eigenvalue weighted by Gasteiger charge is 2.11. The van der Waals surface area contributed by atoms with Crippen molar-refractivity contribution in [2.75, 3.05) is 5.73 Å². The molecule has 0 saturated carbocycles. The van der Waals surface area contributed by atoms with Gasteiger partial charge < -0.3 is 5.73 Å². The first-order valence-corrected chi connectivity index (χ1v) is 5.74. The number of rotatable bonds is 1. The zero-order valence-electron chi connectivity index (χ0n) is 9.34. The monoisotopic (exact) mass is 256 g/mol. The van der Waals surface area contributed by atoms with E-state index in [0.717, 1.165) is 16.3 Å². The van der Waals surface area contributed by atoms with Gasteiger partial charge in [-0.2, -0.15) is 0 Å². The minimum atomic E-state index is 0.273. The molecule has 0 saturated heterocycles. The van der Waals surface area contributed by atoms with Gasteiger partial charge in [0.1, 0.15) is 17.2 Å². The lowest BCUT2D eigenvalue weighted by molar-refractivity contribution is 1.18. The number of pyridine rings is 1. The van der Waals surface area contributed by atoms with E-state index in [-0.39, 0.29) is 5.82 Å². The highest BCUT2D eigenvalue weighted by molar-refractivity contribution is 6.35. The lowest BCUT2D eigenvalue weighted by Gasteiger charge is -2.07. The fourth-order valence-corrected chi connectivity index (χ4v) is 2.08. The molecular formula is C13H9ClN4. The van der Waals surface area contributed by atoms with Crippen LogP contribution >= 0.6 is 11.6 Å². The number of anilines is 1. The molecule has 0 atom stereocenters. The van der Waals surface area contributed by atoms with Gasteiger partial charge in [0.25, 0.3) is 0 Å². The maximum Gasteiger partial charge on any atom is 0.146 e. The van der Waals surface area contributed by atoms with Crippen molar-refractivity contribution >= 4 is 28.2 Å². The SMILES string of the molecule is Nc1ncnc(-c2cncc3ccccc23)c1Cl. The van der Waals surface area contributed by atoms with Crippen LogP contribution in [0.4, 0.5) is 5.82 Å². The lowest BCUT2D eigenvalue weighted by atomic mass is 10.1. The Hall–Kier alpha value is -2.20. The van der Waals surface area contributed by atoms with Gasteiger partial charge in [0, 0.05) is 23.3 Å². The van der Waals surface area contributed by atoms with Crippen LogP contribution in [0.2, 0.25) is 5.02 Å². The molecule has 5 heteroatoms. The number of nitrogen functional groups attached to an aromatic ring is 1. The van der Waals surface area contributed by atoms with Gasteiger partial charge in [0.15, 0.2) is 0 Å². The largest absolute Gasteiger partial charge is 0.382 e. The van der Waals surface area contributed by atoms with Gasteiger partial charge in [-0.15, -0.1) is 0 Å². The predicted octanol–water partition coefficient (Wildman–Crippen LogP) is 2.93. The normalized spacial score (nSPS) is 10.7. The van der Waals surface area contributed by atoms with Gasteiger partial charge in [0.05, 0.1) is 5.69 Å². The molecular weight excluding hydrogens is 248 g/mol. The van der Waals surface area contributed by atoms with E-state index in [4.69, 9.17) is 17.3 Å². The van der Waals surface area contributed by atoms with E-state index in [0.29, 0.717) is 10.7 Å². The number of aromatic nitrogens is 3. The molecule has 0 unspecified atom stereocenters. The van der Waals surface area contributed by atoms with Crippen LogP contribution in [0.3, 0.4) is 0 Å². The molecule has 0 fully saturated rings. The maximum absolute atomic E-state index is 6.15. The van der Waals surface area contributed by atoms with Crippen molar-refractivity contribution in [3.63, 3.8) is 0 Å². The van der Waals surface area contributed by atoms with E-state index in [1.54, 1.807) is 12.4 Å². The van der Waals surface area contributed by atoms with Crippen LogP contribution in [-0.4, -0.2) is 15.0 Å². The fraction of sp³-hybridized carbons (Fsp3) is 0. The van der Waals surface area contributed by atoms with E-state index in [1.165, 1.54) is 6.33 Å². The molecule has 0 spiro atoms. The maximum atomic E-state index is 6.15. The summed E-state index contributed by atoms with van der Waals surface area (Å²) < 4.78 is 0. The number of nitrogens with two attached hydrogens (primary N) is 1. The third-order valence-electron chi connectivity index (χ3n) is 2.74. The Kier molecular flexibility index (Phi) is 2.57. The summed E-state index contributed by atoms with van der Waals surface area (Å²) in [6.45, 7) is 0. The molecule has 0 aliphatic heterocycles. The standard InChI is InChI=1S/C13H9ClN4/c14-11-12(17-7-18-13(11)15)10-6-16-5-8-3-1-2-4-9(8)10/h1-7H,(H2,15,17,18). The molecule has 18 heavy (non-hydrogen) atoms. The number of fused-ring (bicyclic) bond motifs is 1. The molecule has 0 bridgehead atoms. The topological polar surface area (TPSA) is 64.7 Å². The van der Waals surface area contributed by atoms with Crippen molar-refractivity contribution in [1.82, 2.24) is 15.0 Å². The van der Waals surface area contributed by atoms with Crippen molar-refractivity contribution in [2.45, 2.75) is 0 Å². The predicted molar refractivity (Wildman–Crippen MR) is 72.2 cm³/mol. The van der Waals surface area contributed by atoms with Crippen LogP contribution in [0.5, 0.6) is 0 Å². The van der Waals surface area contributed by atoms with Crippen LogP contribution in [0, 0.1) is 0 Å². The summed E-state index contributed by atoms with van der Waals surface area (Å²) in [5, 5.41) is 2.42. The van der Waals surface area contributed by atoms with Crippen molar-refractivity contribution in [2.24, 2.45) is 0 Å². The molecule has 4 nitrogen and oxygen atoms in total. The average molecular weight is 257 g/mol. The summed E-state index contributed by atoms with van der Waals surface area (Å²) in [5.41, 5.74) is 7.16. The summed E-state index contributed by atoms with van der Waals surface area (Å²) >= 11 is 6.15. The molecule has 0 aliphatic carbocycles. The van der Waals surface area contributed by atoms with Gasteiger partial charge in [-0.1, -0.05) is 35.9 Å². The van der Waals surface area contributed by atoms with Gasteiger partial charge in [-0.3, -0.25) is 4.98 Å². The Labute approximate surface area is 108 Å². The van der Waals surface area contributed by atoms with E-state index in [2.05, 4.69) is 15.0 Å². The van der Waals surface area contributed by atoms with Crippen molar-refractivity contribution in [1.29, 1.82) is 0 Å². The Bertz CT molecular complexity index is 722. The fourth-order valence-electron chi connectivity index (χ4n) is 1.88. The van der Waals surface area contributed by atoms with Crippen LogP contribution in [0.25, 0.3) is 22.0 Å². The van der Waals surface area contributed by atoms with E-state index < -0.39 is 0 Å². The number of hydrogen-bond acceptors (Lipinski definition) is 4. The van der Waals surface area contributed by atoms with Gasteiger partial charge in [-0.25, -0.2) is 9.97 Å². The Morgan fingerprint density at radius 2 is 1.89 bits per heavy atom. The smallest absolute Gasteiger partial charge is 0.146 e. The number of benzene rings is 1. The lowest BCUT2D eigenvalue weighted by Crippen LogP contribution is -1.96. The summed E-state index contributed by atoms with van der Waals surface area (Å²) in [4.78, 5) is 12.3. The molecule has 1 aromatic carbocycles. The first-order chi connectivity index (χ1) is 8.77. The van der Waals surface area contributed by atoms with Crippen molar-refractivity contribution in [3.05, 3.63) is 48.0 Å². The van der Waals surface area contributed by atoms with Crippen molar-refractivity contribution in [3.8, 4) is 11.3 Å². The molecule has 2 heterocycles. The van der Waals surface area contributed by atoms with Gasteiger partial charge in [0.2, 0.25) is 0 Å². The van der Waals surface area contributed by atoms with Gasteiger partial charge >= 0.3 is 0 Å². The molecule has 0 amide bonds. The summed E-state index contributed by atoms with van der Waals surface area (Å²) in [7, 11) is 0. The number of hydrogen-bond donors (Lipinski definition) is 1. The molecule has 3 aromatic rings. The van der Waals surface area contributed by atoms with E-state index in [1.807, 2.05) is 24.3 Å². The highest BCUT2D eigenvalue weighted by atomic mass is 35.5. The molecule has 2 aromatic heterocycles. The van der Waals surface area contributed by atoms with Crippen molar-refractivity contribution < 1.29 is 0 Å². The second-order valence-electron chi connectivity index (χ2n) is 3.83. The highest BCUT2D eigenvalue weighted by Crippen LogP contribution is 2.32. The van der Waals surface area contributed by atoms with Crippen LogP contribution in [0.15, 0.2) is 43.0 Å². The Morgan fingerprint density at radius 3 is 2.78 bits per heavy atom. The third kappa shape index (κ3) is 1.67. The molecule has 0 aliphatic rings.